The number of halogens is 1. The lowest BCUT2D eigenvalue weighted by molar-refractivity contribution is 0.320. The number of alkyl halides is 1. The second kappa shape index (κ2) is 6.25. The summed E-state index contributed by atoms with van der Waals surface area (Å²) in [6, 6.07) is 8.79. The SMILES string of the molecule is CC1CCN(Cc2ccc(-c3nc(CCl)cs3)cc2)C1. The normalized spacial score (nSPS) is 19.6. The molecule has 106 valence electrons. The molecule has 0 bridgehead atoms. The topological polar surface area (TPSA) is 16.1 Å². The molecule has 20 heavy (non-hydrogen) atoms. The van der Waals surface area contributed by atoms with Gasteiger partial charge in [0.2, 0.25) is 0 Å². The van der Waals surface area contributed by atoms with Crippen molar-refractivity contribution in [1.29, 1.82) is 0 Å². The van der Waals surface area contributed by atoms with E-state index in [1.165, 1.54) is 30.6 Å². The standard InChI is InChI=1S/C16H19ClN2S/c1-12-6-7-19(9-12)10-13-2-4-14(5-3-13)16-18-15(8-17)11-20-16/h2-5,11-12H,6-10H2,1H3. The monoisotopic (exact) mass is 306 g/mol. The van der Waals surface area contributed by atoms with Crippen LogP contribution in [-0.4, -0.2) is 23.0 Å². The van der Waals surface area contributed by atoms with Crippen molar-refractivity contribution in [2.75, 3.05) is 13.1 Å². The molecule has 1 aliphatic heterocycles. The molecule has 0 aliphatic carbocycles. The smallest absolute Gasteiger partial charge is 0.123 e. The van der Waals surface area contributed by atoms with E-state index in [-0.39, 0.29) is 0 Å². The van der Waals surface area contributed by atoms with Crippen LogP contribution in [0.25, 0.3) is 10.6 Å². The lowest BCUT2D eigenvalue weighted by Crippen LogP contribution is -2.19. The Morgan fingerprint density at radius 1 is 1.35 bits per heavy atom. The molecule has 1 saturated heterocycles. The Morgan fingerprint density at radius 3 is 2.75 bits per heavy atom. The summed E-state index contributed by atoms with van der Waals surface area (Å²) >= 11 is 7.46. The van der Waals surface area contributed by atoms with E-state index in [1.54, 1.807) is 11.3 Å². The number of likely N-dealkylation sites (tertiary alicyclic amines) is 1. The van der Waals surface area contributed by atoms with E-state index < -0.39 is 0 Å². The summed E-state index contributed by atoms with van der Waals surface area (Å²) in [6.45, 7) is 5.86. The maximum atomic E-state index is 5.80. The van der Waals surface area contributed by atoms with Gasteiger partial charge in [-0.2, -0.15) is 0 Å². The van der Waals surface area contributed by atoms with Crippen molar-refractivity contribution in [1.82, 2.24) is 9.88 Å². The van der Waals surface area contributed by atoms with Gasteiger partial charge in [0.05, 0.1) is 11.6 Å². The minimum atomic E-state index is 0.488. The Morgan fingerprint density at radius 2 is 2.15 bits per heavy atom. The van der Waals surface area contributed by atoms with Gasteiger partial charge >= 0.3 is 0 Å². The molecule has 1 unspecified atom stereocenters. The Balaban J connectivity index is 1.68. The first-order valence-electron chi connectivity index (χ1n) is 7.06. The average Bonchev–Trinajstić information content (AvgIpc) is 3.09. The van der Waals surface area contributed by atoms with E-state index in [0.717, 1.165) is 23.2 Å². The molecule has 1 atom stereocenters. The van der Waals surface area contributed by atoms with E-state index in [4.69, 9.17) is 11.6 Å². The van der Waals surface area contributed by atoms with Gasteiger partial charge in [0, 0.05) is 24.0 Å². The van der Waals surface area contributed by atoms with E-state index in [2.05, 4.69) is 41.1 Å². The van der Waals surface area contributed by atoms with Crippen molar-refractivity contribution >= 4 is 22.9 Å². The molecule has 3 rings (SSSR count). The maximum absolute atomic E-state index is 5.80. The quantitative estimate of drug-likeness (QED) is 0.779. The third-order valence-electron chi connectivity index (χ3n) is 3.80. The van der Waals surface area contributed by atoms with E-state index in [1.807, 2.05) is 5.38 Å². The summed E-state index contributed by atoms with van der Waals surface area (Å²) in [7, 11) is 0. The molecule has 1 aromatic heterocycles. The van der Waals surface area contributed by atoms with Crippen LogP contribution in [0.3, 0.4) is 0 Å². The van der Waals surface area contributed by atoms with Gasteiger partial charge in [-0.1, -0.05) is 31.2 Å². The van der Waals surface area contributed by atoms with Crippen LogP contribution >= 0.6 is 22.9 Å². The molecular weight excluding hydrogens is 288 g/mol. The molecule has 2 nitrogen and oxygen atoms in total. The van der Waals surface area contributed by atoms with Crippen molar-refractivity contribution in [2.45, 2.75) is 25.8 Å². The zero-order valence-electron chi connectivity index (χ0n) is 11.7. The number of hydrogen-bond donors (Lipinski definition) is 0. The molecule has 2 heterocycles. The zero-order chi connectivity index (χ0) is 13.9. The molecule has 0 amide bonds. The first-order chi connectivity index (χ1) is 9.74. The summed E-state index contributed by atoms with van der Waals surface area (Å²) < 4.78 is 0. The van der Waals surface area contributed by atoms with Crippen molar-refractivity contribution in [2.24, 2.45) is 5.92 Å². The number of benzene rings is 1. The highest BCUT2D eigenvalue weighted by atomic mass is 35.5. The fraction of sp³-hybridized carbons (Fsp3) is 0.438. The predicted molar refractivity (Wildman–Crippen MR) is 86.2 cm³/mol. The minimum Gasteiger partial charge on any atom is -0.299 e. The highest BCUT2D eigenvalue weighted by Crippen LogP contribution is 2.25. The van der Waals surface area contributed by atoms with Gasteiger partial charge in [0.1, 0.15) is 5.01 Å². The van der Waals surface area contributed by atoms with Gasteiger partial charge in [0.25, 0.3) is 0 Å². The van der Waals surface area contributed by atoms with Crippen LogP contribution in [0.2, 0.25) is 0 Å². The van der Waals surface area contributed by atoms with Gasteiger partial charge < -0.3 is 0 Å². The largest absolute Gasteiger partial charge is 0.299 e. The molecular formula is C16H19ClN2S. The van der Waals surface area contributed by atoms with Crippen LogP contribution in [0, 0.1) is 5.92 Å². The molecule has 1 aliphatic rings. The molecule has 0 spiro atoms. The maximum Gasteiger partial charge on any atom is 0.123 e. The van der Waals surface area contributed by atoms with Crippen molar-refractivity contribution in [3.63, 3.8) is 0 Å². The van der Waals surface area contributed by atoms with Gasteiger partial charge in [-0.05, 0) is 24.4 Å². The van der Waals surface area contributed by atoms with E-state index in [9.17, 15) is 0 Å². The fourth-order valence-electron chi connectivity index (χ4n) is 2.68. The van der Waals surface area contributed by atoms with E-state index in [0.29, 0.717) is 5.88 Å². The van der Waals surface area contributed by atoms with Crippen LogP contribution in [-0.2, 0) is 12.4 Å². The van der Waals surface area contributed by atoms with Gasteiger partial charge in [-0.25, -0.2) is 4.98 Å². The second-order valence-corrected chi connectivity index (χ2v) is 6.73. The number of hydrogen-bond acceptors (Lipinski definition) is 3. The summed E-state index contributed by atoms with van der Waals surface area (Å²) in [5, 5.41) is 3.09. The number of aromatic nitrogens is 1. The molecule has 1 aromatic carbocycles. The van der Waals surface area contributed by atoms with Gasteiger partial charge in [-0.3, -0.25) is 4.90 Å². The fourth-order valence-corrected chi connectivity index (χ4v) is 3.74. The number of nitrogens with zero attached hydrogens (tertiary/aromatic N) is 2. The summed E-state index contributed by atoms with van der Waals surface area (Å²) in [5.41, 5.74) is 3.53. The Kier molecular flexibility index (Phi) is 4.39. The van der Waals surface area contributed by atoms with Gasteiger partial charge in [-0.15, -0.1) is 22.9 Å². The number of thiazole rings is 1. The lowest BCUT2D eigenvalue weighted by atomic mass is 10.1. The summed E-state index contributed by atoms with van der Waals surface area (Å²) in [6.07, 6.45) is 1.33. The average molecular weight is 307 g/mol. The lowest BCUT2D eigenvalue weighted by Gasteiger charge is -2.15. The molecule has 0 radical (unpaired) electrons. The van der Waals surface area contributed by atoms with Crippen LogP contribution in [0.4, 0.5) is 0 Å². The number of rotatable bonds is 4. The van der Waals surface area contributed by atoms with E-state index >= 15 is 0 Å². The highest BCUT2D eigenvalue weighted by Gasteiger charge is 2.18. The predicted octanol–water partition coefficient (Wildman–Crippen LogP) is 4.39. The third-order valence-corrected chi connectivity index (χ3v) is 5.02. The van der Waals surface area contributed by atoms with Crippen LogP contribution in [0.15, 0.2) is 29.6 Å². The first-order valence-corrected chi connectivity index (χ1v) is 8.48. The van der Waals surface area contributed by atoms with Crippen molar-refractivity contribution in [3.05, 3.63) is 40.9 Å². The third kappa shape index (κ3) is 3.22. The van der Waals surface area contributed by atoms with Crippen LogP contribution < -0.4 is 0 Å². The zero-order valence-corrected chi connectivity index (χ0v) is 13.3. The van der Waals surface area contributed by atoms with Crippen molar-refractivity contribution < 1.29 is 0 Å². The molecule has 1 fully saturated rings. The van der Waals surface area contributed by atoms with Crippen molar-refractivity contribution in [3.8, 4) is 10.6 Å². The Bertz CT molecular complexity index is 564. The first kappa shape index (κ1) is 14.1. The molecule has 4 heteroatoms. The molecule has 0 N–H and O–H groups in total. The van der Waals surface area contributed by atoms with Crippen LogP contribution in [0.5, 0.6) is 0 Å². The summed E-state index contributed by atoms with van der Waals surface area (Å²) in [4.78, 5) is 7.05. The Hall–Kier alpha value is -0.900. The molecule has 2 aromatic rings. The minimum absolute atomic E-state index is 0.488. The highest BCUT2D eigenvalue weighted by molar-refractivity contribution is 7.13. The second-order valence-electron chi connectivity index (χ2n) is 5.60. The molecule has 0 saturated carbocycles. The van der Waals surface area contributed by atoms with Gasteiger partial charge in [0.15, 0.2) is 0 Å². The van der Waals surface area contributed by atoms with Crippen LogP contribution in [0.1, 0.15) is 24.6 Å². The Labute approximate surface area is 129 Å². The summed E-state index contributed by atoms with van der Waals surface area (Å²) in [5.74, 6) is 1.33.